The van der Waals surface area contributed by atoms with Gasteiger partial charge in [0.05, 0.1) is 19.3 Å². The first-order valence-electron chi connectivity index (χ1n) is 8.40. The van der Waals surface area contributed by atoms with Gasteiger partial charge in [-0.25, -0.2) is 0 Å². The van der Waals surface area contributed by atoms with Crippen LogP contribution in [0.25, 0.3) is 0 Å². The van der Waals surface area contributed by atoms with E-state index < -0.39 is 0 Å². The molecule has 0 aliphatic carbocycles. The minimum atomic E-state index is -0.169. The van der Waals surface area contributed by atoms with Crippen molar-refractivity contribution >= 4 is 11.7 Å². The van der Waals surface area contributed by atoms with E-state index in [1.165, 1.54) is 0 Å². The van der Waals surface area contributed by atoms with Gasteiger partial charge in [0.1, 0.15) is 0 Å². The number of carbonyl (C=O) groups excluding carboxylic acids is 1. The molecule has 23 heavy (non-hydrogen) atoms. The SMILES string of the molecule is C[C@H](NC[C@@H]1CCCN1c1cccnn1)C(=O)N1CCOCC1. The van der Waals surface area contributed by atoms with Crippen molar-refractivity contribution in [1.82, 2.24) is 20.4 Å². The molecule has 1 aromatic rings. The molecule has 0 spiro atoms. The highest BCUT2D eigenvalue weighted by molar-refractivity contribution is 5.81. The van der Waals surface area contributed by atoms with Gasteiger partial charge in [-0.05, 0) is 31.9 Å². The predicted octanol–water partition coefficient (Wildman–Crippen LogP) is 0.282. The first-order valence-corrected chi connectivity index (χ1v) is 8.40. The number of aromatic nitrogens is 2. The molecule has 126 valence electrons. The molecule has 7 heteroatoms. The number of nitrogens with zero attached hydrogens (tertiary/aromatic N) is 4. The molecular formula is C16H25N5O2. The summed E-state index contributed by atoms with van der Waals surface area (Å²) in [6.07, 6.45) is 3.95. The van der Waals surface area contributed by atoms with Gasteiger partial charge in [-0.1, -0.05) is 0 Å². The average molecular weight is 319 g/mol. The molecule has 2 atom stereocenters. The van der Waals surface area contributed by atoms with Crippen molar-refractivity contribution in [1.29, 1.82) is 0 Å². The number of anilines is 1. The Morgan fingerprint density at radius 3 is 3.00 bits per heavy atom. The predicted molar refractivity (Wildman–Crippen MR) is 87.3 cm³/mol. The van der Waals surface area contributed by atoms with Crippen LogP contribution in [-0.2, 0) is 9.53 Å². The fraction of sp³-hybridized carbons (Fsp3) is 0.688. The third-order valence-electron chi connectivity index (χ3n) is 4.58. The summed E-state index contributed by atoms with van der Waals surface area (Å²) >= 11 is 0. The highest BCUT2D eigenvalue weighted by atomic mass is 16.5. The molecular weight excluding hydrogens is 294 g/mol. The molecule has 1 aromatic heterocycles. The van der Waals surface area contributed by atoms with Crippen LogP contribution in [0, 0.1) is 0 Å². The Hall–Kier alpha value is -1.73. The maximum atomic E-state index is 12.4. The Balaban J connectivity index is 1.51. The quantitative estimate of drug-likeness (QED) is 0.841. The maximum Gasteiger partial charge on any atom is 0.239 e. The highest BCUT2D eigenvalue weighted by Gasteiger charge is 2.28. The van der Waals surface area contributed by atoms with Crippen LogP contribution >= 0.6 is 0 Å². The van der Waals surface area contributed by atoms with Crippen LogP contribution in [0.15, 0.2) is 18.3 Å². The summed E-state index contributed by atoms with van der Waals surface area (Å²) < 4.78 is 5.30. The summed E-state index contributed by atoms with van der Waals surface area (Å²) in [7, 11) is 0. The summed E-state index contributed by atoms with van der Waals surface area (Å²) in [6, 6.07) is 4.10. The highest BCUT2D eigenvalue weighted by Crippen LogP contribution is 2.22. The molecule has 2 saturated heterocycles. The Bertz CT molecular complexity index is 506. The molecule has 1 amide bonds. The van der Waals surface area contributed by atoms with E-state index in [2.05, 4.69) is 20.4 Å². The van der Waals surface area contributed by atoms with Gasteiger partial charge in [-0.3, -0.25) is 4.79 Å². The topological polar surface area (TPSA) is 70.6 Å². The lowest BCUT2D eigenvalue weighted by molar-refractivity contribution is -0.137. The van der Waals surface area contributed by atoms with Gasteiger partial charge < -0.3 is 19.9 Å². The number of rotatable bonds is 5. The molecule has 0 radical (unpaired) electrons. The van der Waals surface area contributed by atoms with Crippen LogP contribution in [0.1, 0.15) is 19.8 Å². The molecule has 7 nitrogen and oxygen atoms in total. The zero-order chi connectivity index (χ0) is 16.1. The molecule has 2 fully saturated rings. The second-order valence-electron chi connectivity index (χ2n) is 6.14. The fourth-order valence-electron chi connectivity index (χ4n) is 3.25. The van der Waals surface area contributed by atoms with Gasteiger partial charge in [0.25, 0.3) is 0 Å². The second-order valence-corrected chi connectivity index (χ2v) is 6.14. The van der Waals surface area contributed by atoms with Crippen molar-refractivity contribution in [2.75, 3.05) is 44.3 Å². The average Bonchev–Trinajstić information content (AvgIpc) is 3.09. The number of ether oxygens (including phenoxy) is 1. The van der Waals surface area contributed by atoms with Gasteiger partial charge in [0.2, 0.25) is 5.91 Å². The number of amides is 1. The number of hydrogen-bond donors (Lipinski definition) is 1. The van der Waals surface area contributed by atoms with E-state index >= 15 is 0 Å². The lowest BCUT2D eigenvalue weighted by Crippen LogP contribution is -2.51. The minimum absolute atomic E-state index is 0.164. The molecule has 3 rings (SSSR count). The summed E-state index contributed by atoms with van der Waals surface area (Å²) in [6.45, 7) is 6.40. The van der Waals surface area contributed by atoms with Crippen molar-refractivity contribution in [2.24, 2.45) is 0 Å². The summed E-state index contributed by atoms with van der Waals surface area (Å²) in [5.41, 5.74) is 0. The fourth-order valence-corrected chi connectivity index (χ4v) is 3.25. The first-order chi connectivity index (χ1) is 11.3. The van der Waals surface area contributed by atoms with E-state index in [1.54, 1.807) is 6.20 Å². The molecule has 3 heterocycles. The lowest BCUT2D eigenvalue weighted by Gasteiger charge is -2.31. The van der Waals surface area contributed by atoms with Crippen LogP contribution in [0.3, 0.4) is 0 Å². The van der Waals surface area contributed by atoms with Crippen molar-refractivity contribution in [3.05, 3.63) is 18.3 Å². The van der Waals surface area contributed by atoms with E-state index in [1.807, 2.05) is 24.0 Å². The lowest BCUT2D eigenvalue weighted by atomic mass is 10.2. The van der Waals surface area contributed by atoms with Crippen molar-refractivity contribution in [3.8, 4) is 0 Å². The second kappa shape index (κ2) is 7.70. The zero-order valence-corrected chi connectivity index (χ0v) is 13.6. The number of carbonyl (C=O) groups is 1. The van der Waals surface area contributed by atoms with Crippen molar-refractivity contribution in [2.45, 2.75) is 31.8 Å². The third kappa shape index (κ3) is 3.97. The van der Waals surface area contributed by atoms with Crippen molar-refractivity contribution in [3.63, 3.8) is 0 Å². The Kier molecular flexibility index (Phi) is 5.40. The molecule has 2 aliphatic rings. The van der Waals surface area contributed by atoms with Crippen LogP contribution in [-0.4, -0.2) is 72.5 Å². The van der Waals surface area contributed by atoms with Crippen LogP contribution < -0.4 is 10.2 Å². The van der Waals surface area contributed by atoms with E-state index in [-0.39, 0.29) is 11.9 Å². The van der Waals surface area contributed by atoms with E-state index in [9.17, 15) is 4.79 Å². The normalized spacial score (nSPS) is 23.1. The molecule has 2 aliphatic heterocycles. The standard InChI is InChI=1S/C16H25N5O2/c1-13(16(22)20-8-10-23-11-9-20)17-12-14-4-3-7-21(14)15-5-2-6-18-19-15/h2,5-6,13-14,17H,3-4,7-12H2,1H3/t13-,14-/m0/s1. The minimum Gasteiger partial charge on any atom is -0.378 e. The number of nitrogens with one attached hydrogen (secondary N) is 1. The van der Waals surface area contributed by atoms with Gasteiger partial charge in [-0.15, -0.1) is 5.10 Å². The maximum absolute atomic E-state index is 12.4. The summed E-state index contributed by atoms with van der Waals surface area (Å²) in [5.74, 6) is 1.08. The molecule has 0 aromatic carbocycles. The Labute approximate surface area is 137 Å². The smallest absolute Gasteiger partial charge is 0.239 e. The van der Waals surface area contributed by atoms with Crippen LogP contribution in [0.2, 0.25) is 0 Å². The molecule has 0 unspecified atom stereocenters. The number of morpholine rings is 1. The molecule has 0 bridgehead atoms. The van der Waals surface area contributed by atoms with Gasteiger partial charge >= 0.3 is 0 Å². The first kappa shape index (κ1) is 16.1. The van der Waals surface area contributed by atoms with E-state index in [0.29, 0.717) is 32.3 Å². The van der Waals surface area contributed by atoms with E-state index in [4.69, 9.17) is 4.74 Å². The monoisotopic (exact) mass is 319 g/mol. The van der Waals surface area contributed by atoms with Crippen molar-refractivity contribution < 1.29 is 9.53 Å². The molecule has 1 N–H and O–H groups in total. The number of hydrogen-bond acceptors (Lipinski definition) is 6. The van der Waals surface area contributed by atoms with Gasteiger partial charge in [0, 0.05) is 38.4 Å². The van der Waals surface area contributed by atoms with Crippen LogP contribution in [0.5, 0.6) is 0 Å². The Morgan fingerprint density at radius 2 is 2.26 bits per heavy atom. The van der Waals surface area contributed by atoms with Crippen LogP contribution in [0.4, 0.5) is 5.82 Å². The summed E-state index contributed by atoms with van der Waals surface area (Å²) in [5, 5.41) is 11.6. The largest absolute Gasteiger partial charge is 0.378 e. The Morgan fingerprint density at radius 1 is 1.43 bits per heavy atom. The summed E-state index contributed by atoms with van der Waals surface area (Å²) in [4.78, 5) is 16.6. The zero-order valence-electron chi connectivity index (χ0n) is 13.6. The molecule has 0 saturated carbocycles. The van der Waals surface area contributed by atoms with E-state index in [0.717, 1.165) is 31.7 Å². The third-order valence-corrected chi connectivity index (χ3v) is 4.58. The van der Waals surface area contributed by atoms with Gasteiger partial charge in [-0.2, -0.15) is 5.10 Å². The van der Waals surface area contributed by atoms with Gasteiger partial charge in [0.15, 0.2) is 5.82 Å².